The fraction of sp³-hybridized carbons (Fsp3) is 0.417. The van der Waals surface area contributed by atoms with Gasteiger partial charge in [0.25, 0.3) is 0 Å². The maximum atomic E-state index is 11.9. The number of aromatic amines is 1. The molecule has 96 valence electrons. The summed E-state index contributed by atoms with van der Waals surface area (Å²) in [5, 5.41) is 11.6. The Morgan fingerprint density at radius 1 is 1.61 bits per heavy atom. The molecule has 0 aromatic carbocycles. The molecule has 1 heterocycles. The molecule has 2 N–H and O–H groups in total. The van der Waals surface area contributed by atoms with E-state index in [1.165, 1.54) is 6.92 Å². The van der Waals surface area contributed by atoms with Crippen LogP contribution in [-0.2, 0) is 20.7 Å². The lowest BCUT2D eigenvalue weighted by molar-refractivity contribution is -0.150. The second-order valence-corrected chi connectivity index (χ2v) is 3.79. The number of aromatic nitrogens is 1. The number of amides is 1. The minimum absolute atomic E-state index is 0.0366. The zero-order valence-electron chi connectivity index (χ0n) is 10.3. The largest absolute Gasteiger partial charge is 0.463 e. The molecular weight excluding hydrogens is 234 g/mol. The third kappa shape index (κ3) is 3.10. The number of nitrogens with zero attached hydrogens (tertiary/aromatic N) is 1. The molecule has 0 fully saturated rings. The molecule has 18 heavy (non-hydrogen) atoms. The van der Waals surface area contributed by atoms with Crippen LogP contribution in [0.25, 0.3) is 0 Å². The van der Waals surface area contributed by atoms with Crippen molar-refractivity contribution in [1.82, 2.24) is 10.3 Å². The number of H-pyrrole nitrogens is 1. The van der Waals surface area contributed by atoms with E-state index in [2.05, 4.69) is 10.3 Å². The van der Waals surface area contributed by atoms with Crippen molar-refractivity contribution < 1.29 is 14.3 Å². The second-order valence-electron chi connectivity index (χ2n) is 3.79. The Labute approximate surface area is 105 Å². The van der Waals surface area contributed by atoms with Gasteiger partial charge >= 0.3 is 5.97 Å². The van der Waals surface area contributed by atoms with Crippen molar-refractivity contribution in [2.45, 2.75) is 25.8 Å². The van der Waals surface area contributed by atoms with Gasteiger partial charge in [-0.05, 0) is 19.1 Å². The molecule has 0 saturated heterocycles. The van der Waals surface area contributed by atoms with E-state index in [0.29, 0.717) is 5.69 Å². The summed E-state index contributed by atoms with van der Waals surface area (Å²) in [6.45, 7) is 3.04. The summed E-state index contributed by atoms with van der Waals surface area (Å²) in [4.78, 5) is 25.9. The summed E-state index contributed by atoms with van der Waals surface area (Å²) in [6.07, 6.45) is 1.71. The summed E-state index contributed by atoms with van der Waals surface area (Å²) in [7, 11) is 0. The number of nitrogens with one attached hydrogen (secondary N) is 2. The van der Waals surface area contributed by atoms with Gasteiger partial charge in [0.1, 0.15) is 6.07 Å². The molecule has 0 radical (unpaired) electrons. The molecule has 0 aliphatic heterocycles. The third-order valence-electron chi connectivity index (χ3n) is 2.32. The van der Waals surface area contributed by atoms with E-state index in [0.717, 1.165) is 0 Å². The first kappa shape index (κ1) is 13.8. The Morgan fingerprint density at radius 3 is 2.78 bits per heavy atom. The predicted octanol–water partition coefficient (Wildman–Crippen LogP) is 0.519. The van der Waals surface area contributed by atoms with Crippen molar-refractivity contribution in [3.63, 3.8) is 0 Å². The second kappa shape index (κ2) is 5.87. The van der Waals surface area contributed by atoms with Crippen molar-refractivity contribution in [1.29, 1.82) is 5.26 Å². The van der Waals surface area contributed by atoms with Crippen LogP contribution in [0.2, 0.25) is 0 Å². The van der Waals surface area contributed by atoms with E-state index < -0.39 is 17.4 Å². The molecule has 0 bridgehead atoms. The topological polar surface area (TPSA) is 95.0 Å². The standard InChI is InChI=1S/C12H15N3O3/c1-3-18-11(17)12(8-13,15-9(2)16)7-10-5-4-6-14-10/h4-6,14H,3,7H2,1-2H3,(H,15,16). The molecule has 1 atom stereocenters. The zero-order valence-corrected chi connectivity index (χ0v) is 10.3. The number of nitriles is 1. The molecule has 0 saturated carbocycles. The fourth-order valence-electron chi connectivity index (χ4n) is 1.60. The Morgan fingerprint density at radius 2 is 2.33 bits per heavy atom. The fourth-order valence-corrected chi connectivity index (χ4v) is 1.60. The van der Waals surface area contributed by atoms with Gasteiger partial charge in [0, 0.05) is 25.2 Å². The van der Waals surface area contributed by atoms with Crippen LogP contribution < -0.4 is 5.32 Å². The van der Waals surface area contributed by atoms with Crippen LogP contribution in [0.4, 0.5) is 0 Å². The highest BCUT2D eigenvalue weighted by molar-refractivity contribution is 5.90. The van der Waals surface area contributed by atoms with Crippen LogP contribution in [-0.4, -0.2) is 29.0 Å². The van der Waals surface area contributed by atoms with Crippen molar-refractivity contribution >= 4 is 11.9 Å². The summed E-state index contributed by atoms with van der Waals surface area (Å²) in [5.74, 6) is -1.21. The Kier molecular flexibility index (Phi) is 4.49. The summed E-state index contributed by atoms with van der Waals surface area (Å²) < 4.78 is 4.86. The number of esters is 1. The van der Waals surface area contributed by atoms with Crippen LogP contribution in [0.15, 0.2) is 18.3 Å². The monoisotopic (exact) mass is 249 g/mol. The van der Waals surface area contributed by atoms with Gasteiger partial charge in [-0.25, -0.2) is 4.79 Å². The minimum Gasteiger partial charge on any atom is -0.463 e. The van der Waals surface area contributed by atoms with E-state index in [9.17, 15) is 14.9 Å². The van der Waals surface area contributed by atoms with Crippen molar-refractivity contribution in [3.05, 3.63) is 24.0 Å². The lowest BCUT2D eigenvalue weighted by Crippen LogP contribution is -2.55. The number of hydrogen-bond acceptors (Lipinski definition) is 4. The van der Waals surface area contributed by atoms with Crippen molar-refractivity contribution in [2.24, 2.45) is 0 Å². The summed E-state index contributed by atoms with van der Waals surface area (Å²) >= 11 is 0. The quantitative estimate of drug-likeness (QED) is 0.744. The molecular formula is C12H15N3O3. The molecule has 1 unspecified atom stereocenters. The van der Waals surface area contributed by atoms with Crippen LogP contribution >= 0.6 is 0 Å². The number of rotatable bonds is 5. The Bertz CT molecular complexity index is 461. The van der Waals surface area contributed by atoms with Crippen LogP contribution in [0.3, 0.4) is 0 Å². The zero-order chi connectivity index (χ0) is 13.6. The maximum Gasteiger partial charge on any atom is 0.347 e. The first-order valence-corrected chi connectivity index (χ1v) is 5.53. The number of carbonyl (C=O) groups excluding carboxylic acids is 2. The highest BCUT2D eigenvalue weighted by Crippen LogP contribution is 2.14. The molecule has 1 rings (SSSR count). The van der Waals surface area contributed by atoms with E-state index in [1.54, 1.807) is 25.3 Å². The Balaban J connectivity index is 3.02. The SMILES string of the molecule is CCOC(=O)C(C#N)(Cc1ccc[nH]1)NC(C)=O. The van der Waals surface area contributed by atoms with Gasteiger partial charge in [-0.1, -0.05) is 0 Å². The average molecular weight is 249 g/mol. The lowest BCUT2D eigenvalue weighted by atomic mass is 9.95. The van der Waals surface area contributed by atoms with E-state index in [4.69, 9.17) is 4.74 Å². The number of ether oxygens (including phenoxy) is 1. The molecule has 6 nitrogen and oxygen atoms in total. The van der Waals surface area contributed by atoms with E-state index >= 15 is 0 Å². The van der Waals surface area contributed by atoms with E-state index in [1.807, 2.05) is 6.07 Å². The summed E-state index contributed by atoms with van der Waals surface area (Å²) in [6, 6.07) is 5.32. The number of carbonyl (C=O) groups is 2. The molecule has 0 aliphatic rings. The van der Waals surface area contributed by atoms with Gasteiger partial charge in [0.15, 0.2) is 0 Å². The van der Waals surface area contributed by atoms with Crippen LogP contribution in [0.1, 0.15) is 19.5 Å². The van der Waals surface area contributed by atoms with Gasteiger partial charge in [-0.2, -0.15) is 5.26 Å². The molecule has 0 spiro atoms. The van der Waals surface area contributed by atoms with Gasteiger partial charge in [-0.3, -0.25) is 4.79 Å². The van der Waals surface area contributed by atoms with Gasteiger partial charge in [-0.15, -0.1) is 0 Å². The Hall–Kier alpha value is -2.29. The first-order valence-electron chi connectivity index (χ1n) is 5.53. The van der Waals surface area contributed by atoms with Gasteiger partial charge in [0.05, 0.1) is 6.61 Å². The molecule has 1 amide bonds. The van der Waals surface area contributed by atoms with Crippen molar-refractivity contribution in [3.8, 4) is 6.07 Å². The first-order chi connectivity index (χ1) is 8.54. The normalized spacial score (nSPS) is 13.2. The molecule has 6 heteroatoms. The van der Waals surface area contributed by atoms with Crippen LogP contribution in [0, 0.1) is 11.3 Å². The predicted molar refractivity (Wildman–Crippen MR) is 63.3 cm³/mol. The lowest BCUT2D eigenvalue weighted by Gasteiger charge is -2.24. The molecule has 0 aliphatic carbocycles. The molecule has 1 aromatic rings. The molecule has 1 aromatic heterocycles. The van der Waals surface area contributed by atoms with Gasteiger partial charge in [0.2, 0.25) is 11.4 Å². The third-order valence-corrected chi connectivity index (χ3v) is 2.32. The average Bonchev–Trinajstić information content (AvgIpc) is 2.80. The van der Waals surface area contributed by atoms with Crippen LogP contribution in [0.5, 0.6) is 0 Å². The highest BCUT2D eigenvalue weighted by atomic mass is 16.5. The highest BCUT2D eigenvalue weighted by Gasteiger charge is 2.41. The van der Waals surface area contributed by atoms with Crippen molar-refractivity contribution in [2.75, 3.05) is 6.61 Å². The number of hydrogen-bond donors (Lipinski definition) is 2. The maximum absolute atomic E-state index is 11.9. The summed E-state index contributed by atoms with van der Waals surface area (Å²) in [5.41, 5.74) is -1.02. The smallest absolute Gasteiger partial charge is 0.347 e. The van der Waals surface area contributed by atoms with E-state index in [-0.39, 0.29) is 13.0 Å². The van der Waals surface area contributed by atoms with Gasteiger partial charge < -0.3 is 15.0 Å². The minimum atomic E-state index is -1.69.